The van der Waals surface area contributed by atoms with Gasteiger partial charge < -0.3 is 4.40 Å². The zero-order valence-electron chi connectivity index (χ0n) is 9.07. The van der Waals surface area contributed by atoms with Crippen molar-refractivity contribution in [2.75, 3.05) is 0 Å². The normalized spacial score (nSPS) is 11.1. The van der Waals surface area contributed by atoms with Crippen LogP contribution < -0.4 is 0 Å². The van der Waals surface area contributed by atoms with Gasteiger partial charge in [-0.25, -0.2) is 13.8 Å². The van der Waals surface area contributed by atoms with E-state index in [0.29, 0.717) is 11.3 Å². The molecule has 1 aromatic carbocycles. The monoisotopic (exact) mass is 308 g/mol. The summed E-state index contributed by atoms with van der Waals surface area (Å²) in [7, 11) is 0. The van der Waals surface area contributed by atoms with E-state index in [1.165, 1.54) is 12.1 Å². The summed E-state index contributed by atoms with van der Waals surface area (Å²) in [5.74, 6) is -1.21. The first kappa shape index (κ1) is 11.3. The average molecular weight is 309 g/mol. The molecule has 0 spiro atoms. The third-order valence-electron chi connectivity index (χ3n) is 2.62. The van der Waals surface area contributed by atoms with E-state index in [-0.39, 0.29) is 5.56 Å². The minimum absolute atomic E-state index is 0.288. The molecular formula is C13H7BrF2N2. The molecule has 0 radical (unpaired) electrons. The van der Waals surface area contributed by atoms with Crippen molar-refractivity contribution in [2.24, 2.45) is 0 Å². The van der Waals surface area contributed by atoms with Gasteiger partial charge in [0, 0.05) is 28.5 Å². The van der Waals surface area contributed by atoms with Crippen LogP contribution in [-0.4, -0.2) is 9.38 Å². The Morgan fingerprint density at radius 3 is 2.67 bits per heavy atom. The van der Waals surface area contributed by atoms with Crippen molar-refractivity contribution in [3.05, 3.63) is 58.8 Å². The standard InChI is InChI=1S/C13H7BrF2N2/c14-8-1-4-13-17-12(7-18(13)6-8)10-3-2-9(15)5-11(10)16/h1-7H. The molecule has 0 fully saturated rings. The van der Waals surface area contributed by atoms with Crippen LogP contribution in [0.25, 0.3) is 16.9 Å². The van der Waals surface area contributed by atoms with Gasteiger partial charge in [-0.15, -0.1) is 0 Å². The molecule has 0 bridgehead atoms. The average Bonchev–Trinajstić information content (AvgIpc) is 2.71. The fourth-order valence-electron chi connectivity index (χ4n) is 1.79. The summed E-state index contributed by atoms with van der Waals surface area (Å²) in [6.45, 7) is 0. The fourth-order valence-corrected chi connectivity index (χ4v) is 2.14. The molecule has 18 heavy (non-hydrogen) atoms. The lowest BCUT2D eigenvalue weighted by atomic mass is 10.1. The Morgan fingerprint density at radius 2 is 1.89 bits per heavy atom. The van der Waals surface area contributed by atoms with E-state index in [2.05, 4.69) is 20.9 Å². The molecular weight excluding hydrogens is 302 g/mol. The molecule has 2 nitrogen and oxygen atoms in total. The predicted molar refractivity (Wildman–Crippen MR) is 68.2 cm³/mol. The SMILES string of the molecule is Fc1ccc(-c2cn3cc(Br)ccc3n2)c(F)c1. The Morgan fingerprint density at radius 1 is 1.06 bits per heavy atom. The Labute approximate surface area is 110 Å². The van der Waals surface area contributed by atoms with E-state index >= 15 is 0 Å². The molecule has 0 saturated heterocycles. The highest BCUT2D eigenvalue weighted by molar-refractivity contribution is 9.10. The third kappa shape index (κ3) is 1.90. The Balaban J connectivity index is 2.19. The first-order chi connectivity index (χ1) is 8.63. The van der Waals surface area contributed by atoms with Crippen LogP contribution in [-0.2, 0) is 0 Å². The van der Waals surface area contributed by atoms with Crippen LogP contribution >= 0.6 is 15.9 Å². The maximum absolute atomic E-state index is 13.6. The molecule has 90 valence electrons. The van der Waals surface area contributed by atoms with Crippen molar-refractivity contribution < 1.29 is 8.78 Å². The van der Waals surface area contributed by atoms with E-state index in [4.69, 9.17) is 0 Å². The number of hydrogen-bond acceptors (Lipinski definition) is 1. The molecule has 3 rings (SSSR count). The molecule has 0 N–H and O–H groups in total. The van der Waals surface area contributed by atoms with Crippen molar-refractivity contribution in [3.8, 4) is 11.3 Å². The van der Waals surface area contributed by atoms with Crippen molar-refractivity contribution in [2.45, 2.75) is 0 Å². The molecule has 5 heteroatoms. The second-order valence-corrected chi connectivity index (χ2v) is 4.78. The number of imidazole rings is 1. The molecule has 2 aromatic heterocycles. The molecule has 0 unspecified atom stereocenters. The molecule has 0 saturated carbocycles. The highest BCUT2D eigenvalue weighted by Gasteiger charge is 2.10. The highest BCUT2D eigenvalue weighted by Crippen LogP contribution is 2.23. The first-order valence-corrected chi connectivity index (χ1v) is 6.02. The van der Waals surface area contributed by atoms with Gasteiger partial charge in [-0.05, 0) is 40.2 Å². The molecule has 0 aliphatic heterocycles. The van der Waals surface area contributed by atoms with Crippen molar-refractivity contribution >= 4 is 21.6 Å². The van der Waals surface area contributed by atoms with Crippen LogP contribution in [0, 0.1) is 11.6 Å². The summed E-state index contributed by atoms with van der Waals surface area (Å²) in [6.07, 6.45) is 3.53. The minimum Gasteiger partial charge on any atom is -0.305 e. The number of hydrogen-bond donors (Lipinski definition) is 0. The van der Waals surface area contributed by atoms with Gasteiger partial charge in [0.2, 0.25) is 0 Å². The van der Waals surface area contributed by atoms with Crippen molar-refractivity contribution in [1.29, 1.82) is 0 Å². The molecule has 0 amide bonds. The van der Waals surface area contributed by atoms with Crippen molar-refractivity contribution in [3.63, 3.8) is 0 Å². The van der Waals surface area contributed by atoms with Gasteiger partial charge >= 0.3 is 0 Å². The number of halogens is 3. The third-order valence-corrected chi connectivity index (χ3v) is 3.09. The lowest BCUT2D eigenvalue weighted by molar-refractivity contribution is 0.585. The lowest BCUT2D eigenvalue weighted by Crippen LogP contribution is -1.85. The van der Waals surface area contributed by atoms with E-state index in [1.54, 1.807) is 10.6 Å². The van der Waals surface area contributed by atoms with E-state index in [9.17, 15) is 8.78 Å². The predicted octanol–water partition coefficient (Wildman–Crippen LogP) is 4.04. The molecule has 2 heterocycles. The molecule has 3 aromatic rings. The lowest BCUT2D eigenvalue weighted by Gasteiger charge is -1.98. The number of aromatic nitrogens is 2. The molecule has 0 aliphatic carbocycles. The Kier molecular flexibility index (Phi) is 2.63. The number of nitrogens with zero attached hydrogens (tertiary/aromatic N) is 2. The molecule has 0 atom stereocenters. The quantitative estimate of drug-likeness (QED) is 0.663. The summed E-state index contributed by atoms with van der Waals surface area (Å²) < 4.78 is 29.2. The summed E-state index contributed by atoms with van der Waals surface area (Å²) in [4.78, 5) is 4.29. The Bertz CT molecular complexity index is 737. The van der Waals surface area contributed by atoms with Crippen LogP contribution in [0.2, 0.25) is 0 Å². The highest BCUT2D eigenvalue weighted by atomic mass is 79.9. The number of rotatable bonds is 1. The summed E-state index contributed by atoms with van der Waals surface area (Å²) in [5, 5.41) is 0. The van der Waals surface area contributed by atoms with Gasteiger partial charge in [0.1, 0.15) is 17.3 Å². The Hall–Kier alpha value is -1.75. The maximum atomic E-state index is 13.6. The van der Waals surface area contributed by atoms with E-state index in [1.807, 2.05) is 18.3 Å². The van der Waals surface area contributed by atoms with Gasteiger partial charge in [0.25, 0.3) is 0 Å². The maximum Gasteiger partial charge on any atom is 0.137 e. The van der Waals surface area contributed by atoms with Gasteiger partial charge in [-0.1, -0.05) is 0 Å². The van der Waals surface area contributed by atoms with Gasteiger partial charge in [-0.2, -0.15) is 0 Å². The zero-order valence-corrected chi connectivity index (χ0v) is 10.7. The topological polar surface area (TPSA) is 17.3 Å². The largest absolute Gasteiger partial charge is 0.305 e. The van der Waals surface area contributed by atoms with E-state index < -0.39 is 11.6 Å². The molecule has 0 aliphatic rings. The van der Waals surface area contributed by atoms with Crippen LogP contribution in [0.3, 0.4) is 0 Å². The van der Waals surface area contributed by atoms with E-state index in [0.717, 1.165) is 10.5 Å². The first-order valence-electron chi connectivity index (χ1n) is 5.23. The summed E-state index contributed by atoms with van der Waals surface area (Å²) >= 11 is 3.35. The number of benzene rings is 1. The minimum atomic E-state index is -0.613. The number of pyridine rings is 1. The van der Waals surface area contributed by atoms with Crippen LogP contribution in [0.4, 0.5) is 8.78 Å². The second-order valence-electron chi connectivity index (χ2n) is 3.86. The van der Waals surface area contributed by atoms with Crippen LogP contribution in [0.15, 0.2) is 47.2 Å². The number of fused-ring (bicyclic) bond motifs is 1. The smallest absolute Gasteiger partial charge is 0.137 e. The fraction of sp³-hybridized carbons (Fsp3) is 0. The van der Waals surface area contributed by atoms with Gasteiger partial charge in [0.05, 0.1) is 5.69 Å². The zero-order chi connectivity index (χ0) is 12.7. The summed E-state index contributed by atoms with van der Waals surface area (Å²) in [5.41, 5.74) is 1.47. The second kappa shape index (κ2) is 4.17. The van der Waals surface area contributed by atoms with Crippen molar-refractivity contribution in [1.82, 2.24) is 9.38 Å². The van der Waals surface area contributed by atoms with Crippen LogP contribution in [0.5, 0.6) is 0 Å². The van der Waals surface area contributed by atoms with Crippen LogP contribution in [0.1, 0.15) is 0 Å². The summed E-state index contributed by atoms with van der Waals surface area (Å²) in [6, 6.07) is 7.14. The van der Waals surface area contributed by atoms with Gasteiger partial charge in [0.15, 0.2) is 0 Å². The van der Waals surface area contributed by atoms with Gasteiger partial charge in [-0.3, -0.25) is 0 Å².